The molecule has 0 aliphatic heterocycles. The Labute approximate surface area is 213 Å². The van der Waals surface area contributed by atoms with Crippen molar-refractivity contribution < 1.29 is 4.79 Å². The van der Waals surface area contributed by atoms with Crippen molar-refractivity contribution in [1.29, 1.82) is 0 Å². The number of nitrogens with one attached hydrogen (secondary N) is 2. The molecule has 36 heavy (non-hydrogen) atoms. The summed E-state index contributed by atoms with van der Waals surface area (Å²) in [5.41, 5.74) is 6.51. The maximum Gasteiger partial charge on any atom is 0.268 e. The lowest BCUT2D eigenvalue weighted by molar-refractivity contribution is 0.0942. The summed E-state index contributed by atoms with van der Waals surface area (Å²) >= 11 is 1.72. The molecule has 0 radical (unpaired) electrons. The fraction of sp³-hybridized carbons (Fsp3) is 0.321. The molecule has 0 spiro atoms. The van der Waals surface area contributed by atoms with E-state index in [0.29, 0.717) is 24.2 Å². The summed E-state index contributed by atoms with van der Waals surface area (Å²) < 4.78 is 4.12. The van der Waals surface area contributed by atoms with Crippen LogP contribution in [0.25, 0.3) is 21.8 Å². The highest BCUT2D eigenvalue weighted by molar-refractivity contribution is 7.99. The van der Waals surface area contributed by atoms with Crippen LogP contribution in [0.15, 0.2) is 58.6 Å². The summed E-state index contributed by atoms with van der Waals surface area (Å²) in [5, 5.41) is 17.5. The normalized spacial score (nSPS) is 15.7. The minimum Gasteiger partial charge on any atom is -0.347 e. The molecule has 2 N–H and O–H groups in total. The van der Waals surface area contributed by atoms with Crippen molar-refractivity contribution in [3.63, 3.8) is 0 Å². The Morgan fingerprint density at radius 1 is 1.14 bits per heavy atom. The molecule has 7 nitrogen and oxygen atoms in total. The molecule has 2 aromatic carbocycles. The van der Waals surface area contributed by atoms with E-state index < -0.39 is 0 Å². The SMILES string of the molecule is Cc1c(Sc2cc(C3CC3)c3[nH]ncc3c2)cc(C(=O)NCc2cccc3cnn(C4CC4)c23)n1C. The Morgan fingerprint density at radius 3 is 2.81 bits per heavy atom. The lowest BCUT2D eigenvalue weighted by Crippen LogP contribution is -2.25. The molecule has 0 bridgehead atoms. The van der Waals surface area contributed by atoms with Gasteiger partial charge in [0.05, 0.1) is 29.5 Å². The maximum absolute atomic E-state index is 13.3. The number of benzene rings is 2. The summed E-state index contributed by atoms with van der Waals surface area (Å²) in [6, 6.07) is 13.2. The third kappa shape index (κ3) is 3.71. The van der Waals surface area contributed by atoms with E-state index in [2.05, 4.69) is 56.5 Å². The minimum atomic E-state index is -0.0640. The van der Waals surface area contributed by atoms with E-state index in [9.17, 15) is 4.79 Å². The number of rotatable bonds is 7. The summed E-state index contributed by atoms with van der Waals surface area (Å²) in [6.45, 7) is 2.55. The predicted octanol–water partition coefficient (Wildman–Crippen LogP) is 5.85. The van der Waals surface area contributed by atoms with Crippen LogP contribution in [-0.2, 0) is 13.6 Å². The summed E-state index contributed by atoms with van der Waals surface area (Å²) in [5.74, 6) is 0.568. The Balaban J connectivity index is 1.13. The number of H-pyrrole nitrogens is 1. The summed E-state index contributed by atoms with van der Waals surface area (Å²) in [4.78, 5) is 15.6. The van der Waals surface area contributed by atoms with Crippen LogP contribution in [0, 0.1) is 6.92 Å². The van der Waals surface area contributed by atoms with Crippen molar-refractivity contribution in [1.82, 2.24) is 29.9 Å². The second-order valence-electron chi connectivity index (χ2n) is 10.1. The molecule has 0 unspecified atom stereocenters. The average molecular weight is 497 g/mol. The van der Waals surface area contributed by atoms with Crippen LogP contribution in [-0.4, -0.2) is 30.5 Å². The molecule has 5 aromatic rings. The second kappa shape index (κ2) is 8.27. The zero-order valence-electron chi connectivity index (χ0n) is 20.4. The summed E-state index contributed by atoms with van der Waals surface area (Å²) in [7, 11) is 1.96. The lowest BCUT2D eigenvalue weighted by Gasteiger charge is -2.10. The smallest absolute Gasteiger partial charge is 0.268 e. The van der Waals surface area contributed by atoms with E-state index in [1.54, 1.807) is 11.8 Å². The van der Waals surface area contributed by atoms with Crippen molar-refractivity contribution in [3.8, 4) is 0 Å². The van der Waals surface area contributed by atoms with Gasteiger partial charge in [0.1, 0.15) is 5.69 Å². The Kier molecular flexibility index (Phi) is 4.99. The van der Waals surface area contributed by atoms with Gasteiger partial charge in [0, 0.05) is 39.8 Å². The van der Waals surface area contributed by atoms with Gasteiger partial charge in [-0.15, -0.1) is 0 Å². The third-order valence-corrected chi connectivity index (χ3v) is 8.66. The van der Waals surface area contributed by atoms with Gasteiger partial charge in [-0.3, -0.25) is 14.6 Å². The highest BCUT2D eigenvalue weighted by Gasteiger charge is 2.28. The van der Waals surface area contributed by atoms with Gasteiger partial charge in [-0.25, -0.2) is 0 Å². The first-order valence-corrected chi connectivity index (χ1v) is 13.4. The number of para-hydroxylation sites is 1. The standard InChI is InChI=1S/C28H28N6OS/c1-16-25(36-22-10-20-14-30-32-26(20)23(11-22)17-6-7-17)12-24(33(16)2)28(35)29-13-18-4-3-5-19-15-31-34(27(18)19)21-8-9-21/h3-5,10-12,14-15,17,21H,6-9,13H2,1-2H3,(H,29,35)(H,30,32). The molecule has 7 rings (SSSR count). The van der Waals surface area contributed by atoms with Crippen LogP contribution in [0.1, 0.15) is 65.0 Å². The average Bonchev–Trinajstić information content (AvgIpc) is 3.80. The largest absolute Gasteiger partial charge is 0.347 e. The molecule has 2 aliphatic rings. The third-order valence-electron chi connectivity index (χ3n) is 7.55. The van der Waals surface area contributed by atoms with Crippen LogP contribution >= 0.6 is 11.8 Å². The number of nitrogens with zero attached hydrogens (tertiary/aromatic N) is 4. The number of hydrogen-bond donors (Lipinski definition) is 2. The van der Waals surface area contributed by atoms with E-state index in [1.165, 1.54) is 36.1 Å². The van der Waals surface area contributed by atoms with Crippen LogP contribution in [0.4, 0.5) is 0 Å². The van der Waals surface area contributed by atoms with Crippen molar-refractivity contribution in [2.24, 2.45) is 7.05 Å². The quantitative estimate of drug-likeness (QED) is 0.296. The van der Waals surface area contributed by atoms with E-state index in [1.807, 2.05) is 36.1 Å². The van der Waals surface area contributed by atoms with Gasteiger partial charge in [-0.2, -0.15) is 10.2 Å². The lowest BCUT2D eigenvalue weighted by atomic mass is 10.1. The number of fused-ring (bicyclic) bond motifs is 2. The van der Waals surface area contributed by atoms with Crippen LogP contribution in [0.3, 0.4) is 0 Å². The number of aromatic amines is 1. The maximum atomic E-state index is 13.3. The molecule has 2 saturated carbocycles. The summed E-state index contributed by atoms with van der Waals surface area (Å²) in [6.07, 6.45) is 8.67. The molecule has 0 saturated heterocycles. The van der Waals surface area contributed by atoms with Crippen molar-refractivity contribution in [2.45, 2.75) is 60.9 Å². The zero-order chi connectivity index (χ0) is 24.4. The number of hydrogen-bond acceptors (Lipinski definition) is 4. The molecular formula is C28H28N6OS. The minimum absolute atomic E-state index is 0.0640. The van der Waals surface area contributed by atoms with Crippen LogP contribution in [0.2, 0.25) is 0 Å². The predicted molar refractivity (Wildman–Crippen MR) is 142 cm³/mol. The molecular weight excluding hydrogens is 468 g/mol. The molecule has 3 heterocycles. The fourth-order valence-corrected chi connectivity index (χ4v) is 6.21. The van der Waals surface area contributed by atoms with Gasteiger partial charge < -0.3 is 9.88 Å². The van der Waals surface area contributed by atoms with E-state index in [4.69, 9.17) is 0 Å². The first kappa shape index (κ1) is 21.7. The second-order valence-corrected chi connectivity index (χ2v) is 11.2. The monoisotopic (exact) mass is 496 g/mol. The molecule has 8 heteroatoms. The Bertz CT molecular complexity index is 1630. The Morgan fingerprint density at radius 2 is 2.00 bits per heavy atom. The molecule has 2 aliphatic carbocycles. The van der Waals surface area contributed by atoms with Gasteiger partial charge >= 0.3 is 0 Å². The molecule has 0 atom stereocenters. The van der Waals surface area contributed by atoms with Crippen LogP contribution in [0.5, 0.6) is 0 Å². The Hall–Kier alpha value is -3.52. The van der Waals surface area contributed by atoms with E-state index >= 15 is 0 Å². The first-order chi connectivity index (χ1) is 17.6. The van der Waals surface area contributed by atoms with Gasteiger partial charge in [-0.1, -0.05) is 30.0 Å². The van der Waals surface area contributed by atoms with Gasteiger partial charge in [0.2, 0.25) is 0 Å². The highest BCUT2D eigenvalue weighted by Crippen LogP contribution is 2.45. The topological polar surface area (TPSA) is 80.5 Å². The number of aromatic nitrogens is 5. The van der Waals surface area contributed by atoms with Gasteiger partial charge in [0.25, 0.3) is 5.91 Å². The van der Waals surface area contributed by atoms with Gasteiger partial charge in [0.15, 0.2) is 0 Å². The molecule has 2 fully saturated rings. The molecule has 182 valence electrons. The zero-order valence-corrected chi connectivity index (χ0v) is 21.2. The number of amides is 1. The molecule has 1 amide bonds. The van der Waals surface area contributed by atoms with Crippen molar-refractivity contribution in [2.75, 3.05) is 0 Å². The highest BCUT2D eigenvalue weighted by atomic mass is 32.2. The van der Waals surface area contributed by atoms with Crippen LogP contribution < -0.4 is 5.32 Å². The van der Waals surface area contributed by atoms with E-state index in [0.717, 1.165) is 38.0 Å². The number of carbonyl (C=O) groups excluding carboxylic acids is 1. The molecule has 3 aromatic heterocycles. The fourth-order valence-electron chi connectivity index (χ4n) is 5.13. The van der Waals surface area contributed by atoms with Crippen molar-refractivity contribution in [3.05, 3.63) is 71.3 Å². The van der Waals surface area contributed by atoms with E-state index in [-0.39, 0.29) is 5.91 Å². The van der Waals surface area contributed by atoms with Gasteiger partial charge in [-0.05, 0) is 67.9 Å². The first-order valence-electron chi connectivity index (χ1n) is 12.6. The number of carbonyl (C=O) groups is 1. The van der Waals surface area contributed by atoms with Crippen molar-refractivity contribution >= 4 is 39.5 Å².